The molecule has 0 aliphatic heterocycles. The Morgan fingerprint density at radius 1 is 1.10 bits per heavy atom. The van der Waals surface area contributed by atoms with Crippen molar-refractivity contribution in [1.29, 1.82) is 0 Å². The Balaban J connectivity index is 1.34. The molecule has 0 spiro atoms. The van der Waals surface area contributed by atoms with E-state index in [-0.39, 0.29) is 5.76 Å². The third-order valence-corrected chi connectivity index (χ3v) is 6.71. The van der Waals surface area contributed by atoms with Crippen molar-refractivity contribution in [2.24, 2.45) is 0 Å². The summed E-state index contributed by atoms with van der Waals surface area (Å²) in [5.74, 6) is 0.193. The van der Waals surface area contributed by atoms with Crippen LogP contribution in [-0.4, -0.2) is 28.5 Å². The number of fused-ring (bicyclic) bond motifs is 1. The summed E-state index contributed by atoms with van der Waals surface area (Å²) in [4.78, 5) is 16.8. The fourth-order valence-corrected chi connectivity index (χ4v) is 5.07. The summed E-state index contributed by atoms with van der Waals surface area (Å²) in [6, 6.07) is 18.3. The number of rotatable bonds is 7. The van der Waals surface area contributed by atoms with Gasteiger partial charge in [-0.05, 0) is 81.2 Å². The van der Waals surface area contributed by atoms with E-state index in [9.17, 15) is 4.79 Å². The summed E-state index contributed by atoms with van der Waals surface area (Å²) < 4.78 is 5.25. The van der Waals surface area contributed by atoms with Crippen molar-refractivity contribution in [1.82, 2.24) is 9.88 Å². The van der Waals surface area contributed by atoms with Gasteiger partial charge in [-0.1, -0.05) is 43.3 Å². The number of nitrogens with one attached hydrogen (secondary N) is 1. The molecular weight excluding hydrogens is 360 g/mol. The number of aromatic nitrogens is 1. The highest BCUT2D eigenvalue weighted by Gasteiger charge is 2.28. The largest absolute Gasteiger partial charge is 0.417 e. The standard InChI is InChI=1S/C25H32N2O2/c1-3-27(18(2)9-10-19-7-5-4-6-8-19)22-14-11-20(12-15-22)21-13-16-23-24(17-21)29-25(28)26-23/h4-8,13,16-18,20,22H,3,9-12,14-15H2,1-2H3,(H,26,28)/t18-,20-,22-/m0/s1. The number of benzene rings is 2. The van der Waals surface area contributed by atoms with Crippen LogP contribution in [0.5, 0.6) is 0 Å². The Morgan fingerprint density at radius 3 is 2.59 bits per heavy atom. The molecule has 1 heterocycles. The minimum Gasteiger partial charge on any atom is -0.408 e. The normalized spacial score (nSPS) is 20.9. The van der Waals surface area contributed by atoms with E-state index in [0.717, 1.165) is 18.5 Å². The average Bonchev–Trinajstić information content (AvgIpc) is 3.13. The molecular formula is C25H32N2O2. The summed E-state index contributed by atoms with van der Waals surface area (Å²) in [5, 5.41) is 0. The van der Waals surface area contributed by atoms with Gasteiger partial charge in [-0.3, -0.25) is 9.88 Å². The Kier molecular flexibility index (Phi) is 6.19. The molecule has 154 valence electrons. The highest BCUT2D eigenvalue weighted by Crippen LogP contribution is 2.36. The van der Waals surface area contributed by atoms with E-state index < -0.39 is 0 Å². The van der Waals surface area contributed by atoms with Gasteiger partial charge in [0.1, 0.15) is 0 Å². The predicted molar refractivity (Wildman–Crippen MR) is 118 cm³/mol. The lowest BCUT2D eigenvalue weighted by Gasteiger charge is -2.40. The maximum atomic E-state index is 11.4. The molecule has 0 unspecified atom stereocenters. The van der Waals surface area contributed by atoms with Crippen LogP contribution in [0.2, 0.25) is 0 Å². The number of H-pyrrole nitrogens is 1. The Labute approximate surface area is 172 Å². The smallest absolute Gasteiger partial charge is 0.408 e. The van der Waals surface area contributed by atoms with Crippen LogP contribution in [0.25, 0.3) is 11.1 Å². The number of aromatic amines is 1. The molecule has 1 aromatic heterocycles. The molecule has 4 rings (SSSR count). The lowest BCUT2D eigenvalue weighted by atomic mass is 9.80. The van der Waals surface area contributed by atoms with Gasteiger partial charge in [0.25, 0.3) is 0 Å². The average molecular weight is 393 g/mol. The minimum atomic E-state index is -0.371. The van der Waals surface area contributed by atoms with Crippen LogP contribution >= 0.6 is 0 Å². The lowest BCUT2D eigenvalue weighted by molar-refractivity contribution is 0.109. The highest BCUT2D eigenvalue weighted by molar-refractivity contribution is 5.72. The second kappa shape index (κ2) is 9.00. The van der Waals surface area contributed by atoms with Gasteiger partial charge in [-0.2, -0.15) is 0 Å². The Morgan fingerprint density at radius 2 is 1.86 bits per heavy atom. The van der Waals surface area contributed by atoms with Gasteiger partial charge in [0.15, 0.2) is 5.58 Å². The first-order valence-corrected chi connectivity index (χ1v) is 11.1. The van der Waals surface area contributed by atoms with E-state index in [4.69, 9.17) is 4.42 Å². The molecule has 1 aliphatic rings. The molecule has 1 fully saturated rings. The molecule has 4 nitrogen and oxygen atoms in total. The first kappa shape index (κ1) is 20.0. The Hall–Kier alpha value is -2.33. The van der Waals surface area contributed by atoms with Crippen molar-refractivity contribution in [3.8, 4) is 0 Å². The summed E-state index contributed by atoms with van der Waals surface area (Å²) in [7, 11) is 0. The molecule has 0 saturated heterocycles. The van der Waals surface area contributed by atoms with Crippen molar-refractivity contribution < 1.29 is 4.42 Å². The second-order valence-corrected chi connectivity index (χ2v) is 8.48. The number of hydrogen-bond acceptors (Lipinski definition) is 3. The molecule has 1 aliphatic carbocycles. The molecule has 0 bridgehead atoms. The topological polar surface area (TPSA) is 49.2 Å². The van der Waals surface area contributed by atoms with Gasteiger partial charge in [-0.25, -0.2) is 4.79 Å². The number of hydrogen-bond donors (Lipinski definition) is 1. The van der Waals surface area contributed by atoms with Crippen molar-refractivity contribution >= 4 is 11.1 Å². The van der Waals surface area contributed by atoms with Crippen molar-refractivity contribution in [3.63, 3.8) is 0 Å². The van der Waals surface area contributed by atoms with Crippen LogP contribution < -0.4 is 5.76 Å². The minimum absolute atomic E-state index is 0.371. The highest BCUT2D eigenvalue weighted by atomic mass is 16.4. The number of nitrogens with zero attached hydrogens (tertiary/aromatic N) is 1. The summed E-state index contributed by atoms with van der Waals surface area (Å²) in [6.45, 7) is 5.80. The molecule has 1 N–H and O–H groups in total. The Bertz CT molecular complexity index is 967. The van der Waals surface area contributed by atoms with E-state index in [1.165, 1.54) is 43.2 Å². The van der Waals surface area contributed by atoms with Crippen LogP contribution in [0.4, 0.5) is 0 Å². The third kappa shape index (κ3) is 4.64. The number of aryl methyl sites for hydroxylation is 1. The van der Waals surface area contributed by atoms with Crippen LogP contribution in [0.1, 0.15) is 63.0 Å². The van der Waals surface area contributed by atoms with E-state index in [0.29, 0.717) is 23.6 Å². The van der Waals surface area contributed by atoms with Crippen molar-refractivity contribution in [3.05, 3.63) is 70.2 Å². The van der Waals surface area contributed by atoms with Gasteiger partial charge in [0, 0.05) is 12.1 Å². The lowest BCUT2D eigenvalue weighted by Crippen LogP contribution is -2.43. The maximum Gasteiger partial charge on any atom is 0.417 e. The molecule has 29 heavy (non-hydrogen) atoms. The van der Waals surface area contributed by atoms with Crippen LogP contribution in [0.3, 0.4) is 0 Å². The number of oxazole rings is 1. The van der Waals surface area contributed by atoms with E-state index in [2.05, 4.69) is 66.2 Å². The fraction of sp³-hybridized carbons (Fsp3) is 0.480. The summed E-state index contributed by atoms with van der Waals surface area (Å²) >= 11 is 0. The molecule has 0 radical (unpaired) electrons. The SMILES string of the molecule is CCN([C@H]1CC[C@H](c2ccc3[nH]c(=O)oc3c2)CC1)[C@@H](C)CCc1ccccc1. The molecule has 1 atom stereocenters. The summed E-state index contributed by atoms with van der Waals surface area (Å²) in [5.41, 5.74) is 4.21. The third-order valence-electron chi connectivity index (χ3n) is 6.71. The van der Waals surface area contributed by atoms with E-state index in [1.54, 1.807) is 0 Å². The first-order chi connectivity index (χ1) is 14.1. The fourth-order valence-electron chi connectivity index (χ4n) is 5.07. The maximum absolute atomic E-state index is 11.4. The molecule has 2 aromatic carbocycles. The van der Waals surface area contributed by atoms with Gasteiger partial charge in [0.2, 0.25) is 0 Å². The molecule has 0 amide bonds. The van der Waals surface area contributed by atoms with E-state index >= 15 is 0 Å². The molecule has 3 aromatic rings. The van der Waals surface area contributed by atoms with Gasteiger partial charge in [0.05, 0.1) is 5.52 Å². The van der Waals surface area contributed by atoms with Gasteiger partial charge >= 0.3 is 5.76 Å². The second-order valence-electron chi connectivity index (χ2n) is 8.48. The monoisotopic (exact) mass is 392 g/mol. The van der Waals surface area contributed by atoms with E-state index in [1.807, 2.05) is 6.07 Å². The zero-order valence-electron chi connectivity index (χ0n) is 17.6. The van der Waals surface area contributed by atoms with Crippen LogP contribution in [-0.2, 0) is 6.42 Å². The van der Waals surface area contributed by atoms with Crippen molar-refractivity contribution in [2.45, 2.75) is 70.4 Å². The predicted octanol–water partition coefficient (Wildman–Crippen LogP) is 5.49. The van der Waals surface area contributed by atoms with Gasteiger partial charge in [-0.15, -0.1) is 0 Å². The zero-order valence-corrected chi connectivity index (χ0v) is 17.6. The molecule has 4 heteroatoms. The quantitative estimate of drug-likeness (QED) is 0.578. The van der Waals surface area contributed by atoms with Crippen LogP contribution in [0, 0.1) is 0 Å². The van der Waals surface area contributed by atoms with Gasteiger partial charge < -0.3 is 4.42 Å². The zero-order chi connectivity index (χ0) is 20.2. The van der Waals surface area contributed by atoms with Crippen molar-refractivity contribution in [2.75, 3.05) is 6.54 Å². The molecule has 1 saturated carbocycles. The van der Waals surface area contributed by atoms with Crippen LogP contribution in [0.15, 0.2) is 57.7 Å². The first-order valence-electron chi connectivity index (χ1n) is 11.1. The summed E-state index contributed by atoms with van der Waals surface area (Å²) in [6.07, 6.45) is 7.24.